The predicted molar refractivity (Wildman–Crippen MR) is 70.5 cm³/mol. The minimum absolute atomic E-state index is 0.124. The Labute approximate surface area is 103 Å². The minimum Gasteiger partial charge on any atom is -0.493 e. The highest BCUT2D eigenvalue weighted by Gasteiger charge is 2.23. The van der Waals surface area contributed by atoms with Crippen LogP contribution < -0.4 is 10.5 Å². The first-order valence-corrected chi connectivity index (χ1v) is 6.01. The largest absolute Gasteiger partial charge is 0.493 e. The van der Waals surface area contributed by atoms with Crippen molar-refractivity contribution in [3.05, 3.63) is 29.8 Å². The third-order valence-corrected chi connectivity index (χ3v) is 2.76. The fourth-order valence-corrected chi connectivity index (χ4v) is 2.00. The number of nitrogens with two attached hydrogens (primary N) is 1. The van der Waals surface area contributed by atoms with E-state index >= 15 is 0 Å². The summed E-state index contributed by atoms with van der Waals surface area (Å²) in [6, 6.07) is 8.11. The predicted octanol–water partition coefficient (Wildman–Crippen LogP) is 2.39. The summed E-state index contributed by atoms with van der Waals surface area (Å²) in [4.78, 5) is 4.52. The molecule has 92 valence electrons. The first kappa shape index (κ1) is 12.0. The summed E-state index contributed by atoms with van der Waals surface area (Å²) in [5, 5.41) is 0. The lowest BCUT2D eigenvalue weighted by Gasteiger charge is -2.26. The van der Waals surface area contributed by atoms with Crippen LogP contribution in [-0.4, -0.2) is 18.0 Å². The van der Waals surface area contributed by atoms with Gasteiger partial charge in [0.15, 0.2) is 0 Å². The second-order valence-corrected chi connectivity index (χ2v) is 5.53. The molecular weight excluding hydrogens is 212 g/mol. The van der Waals surface area contributed by atoms with Gasteiger partial charge in [0.1, 0.15) is 11.6 Å². The first-order chi connectivity index (χ1) is 7.96. The van der Waals surface area contributed by atoms with Crippen LogP contribution in [0.2, 0.25) is 0 Å². The number of hydrogen-bond acceptors (Lipinski definition) is 2. The van der Waals surface area contributed by atoms with Crippen molar-refractivity contribution in [3.63, 3.8) is 0 Å². The average molecular weight is 232 g/mol. The Morgan fingerprint density at radius 3 is 2.76 bits per heavy atom. The van der Waals surface area contributed by atoms with Crippen molar-refractivity contribution in [1.82, 2.24) is 0 Å². The second-order valence-electron chi connectivity index (χ2n) is 5.53. The van der Waals surface area contributed by atoms with Gasteiger partial charge in [0.05, 0.1) is 18.1 Å². The Hall–Kier alpha value is -1.51. The number of aliphatic imine (C=N–C) groups is 1. The molecule has 0 bridgehead atoms. The molecule has 0 fully saturated rings. The summed E-state index contributed by atoms with van der Waals surface area (Å²) in [5.41, 5.74) is 7.16. The highest BCUT2D eigenvalue weighted by atomic mass is 16.5. The molecule has 1 aromatic rings. The highest BCUT2D eigenvalue weighted by Crippen LogP contribution is 2.27. The van der Waals surface area contributed by atoms with Gasteiger partial charge < -0.3 is 10.5 Å². The van der Waals surface area contributed by atoms with E-state index in [-0.39, 0.29) is 11.5 Å². The van der Waals surface area contributed by atoms with Crippen LogP contribution in [0, 0.1) is 5.92 Å². The third-order valence-electron chi connectivity index (χ3n) is 2.76. The maximum Gasteiger partial charge on any atom is 0.122 e. The zero-order chi connectivity index (χ0) is 12.5. The highest BCUT2D eigenvalue weighted by molar-refractivity contribution is 5.84. The first-order valence-electron chi connectivity index (χ1n) is 6.01. The van der Waals surface area contributed by atoms with Crippen LogP contribution in [0.1, 0.15) is 26.3 Å². The van der Waals surface area contributed by atoms with Gasteiger partial charge >= 0.3 is 0 Å². The zero-order valence-corrected chi connectivity index (χ0v) is 10.7. The third kappa shape index (κ3) is 2.99. The van der Waals surface area contributed by atoms with Crippen LogP contribution in [-0.2, 0) is 6.42 Å². The molecule has 0 aliphatic carbocycles. The molecule has 1 aliphatic heterocycles. The number of para-hydroxylation sites is 1. The van der Waals surface area contributed by atoms with E-state index in [9.17, 15) is 0 Å². The van der Waals surface area contributed by atoms with E-state index in [1.807, 2.05) is 18.2 Å². The number of benzene rings is 1. The van der Waals surface area contributed by atoms with E-state index in [0.717, 1.165) is 12.2 Å². The molecule has 2 rings (SSSR count). The van der Waals surface area contributed by atoms with Gasteiger partial charge in [0.2, 0.25) is 0 Å². The summed E-state index contributed by atoms with van der Waals surface area (Å²) in [6.07, 6.45) is 0.918. The maximum atomic E-state index is 6.06. The van der Waals surface area contributed by atoms with Crippen LogP contribution in [0.3, 0.4) is 0 Å². The van der Waals surface area contributed by atoms with E-state index in [4.69, 9.17) is 10.5 Å². The van der Waals surface area contributed by atoms with Gasteiger partial charge in [-0.2, -0.15) is 0 Å². The molecule has 0 radical (unpaired) electrons. The van der Waals surface area contributed by atoms with Crippen molar-refractivity contribution in [1.29, 1.82) is 0 Å². The van der Waals surface area contributed by atoms with E-state index in [1.165, 1.54) is 5.56 Å². The van der Waals surface area contributed by atoms with Gasteiger partial charge in [0, 0.05) is 0 Å². The number of amidine groups is 1. The molecule has 1 atom stereocenters. The summed E-state index contributed by atoms with van der Waals surface area (Å²) in [7, 11) is 0. The lowest BCUT2D eigenvalue weighted by molar-refractivity contribution is 0.257. The van der Waals surface area contributed by atoms with Crippen molar-refractivity contribution in [2.45, 2.75) is 32.7 Å². The van der Waals surface area contributed by atoms with Crippen molar-refractivity contribution in [3.8, 4) is 5.75 Å². The standard InChI is InChI=1S/C14H20N2O/c1-14(2,3)16-13(15)11-8-10-6-4-5-7-12(10)17-9-11/h4-7,11H,8-9H2,1-3H3,(H2,15,16). The Kier molecular flexibility index (Phi) is 3.09. The van der Waals surface area contributed by atoms with Gasteiger partial charge in [-0.1, -0.05) is 18.2 Å². The number of fused-ring (bicyclic) bond motifs is 1. The van der Waals surface area contributed by atoms with Gasteiger partial charge in [-0.05, 0) is 38.8 Å². The Morgan fingerprint density at radius 1 is 1.35 bits per heavy atom. The monoisotopic (exact) mass is 232 g/mol. The van der Waals surface area contributed by atoms with Crippen LogP contribution in [0.5, 0.6) is 5.75 Å². The van der Waals surface area contributed by atoms with E-state index in [1.54, 1.807) is 0 Å². The fourth-order valence-electron chi connectivity index (χ4n) is 2.00. The molecule has 3 heteroatoms. The van der Waals surface area contributed by atoms with Crippen molar-refractivity contribution >= 4 is 5.84 Å². The van der Waals surface area contributed by atoms with Gasteiger partial charge in [-0.15, -0.1) is 0 Å². The number of nitrogens with zero attached hydrogens (tertiary/aromatic N) is 1. The average Bonchev–Trinajstić information content (AvgIpc) is 2.26. The van der Waals surface area contributed by atoms with Gasteiger partial charge in [-0.25, -0.2) is 0 Å². The van der Waals surface area contributed by atoms with Crippen molar-refractivity contribution in [2.75, 3.05) is 6.61 Å². The minimum atomic E-state index is -0.124. The van der Waals surface area contributed by atoms with E-state index < -0.39 is 0 Å². The molecule has 1 heterocycles. The van der Waals surface area contributed by atoms with E-state index in [2.05, 4.69) is 31.8 Å². The Morgan fingerprint density at radius 2 is 2.06 bits per heavy atom. The molecule has 0 aromatic heterocycles. The van der Waals surface area contributed by atoms with Crippen molar-refractivity contribution < 1.29 is 4.74 Å². The van der Waals surface area contributed by atoms with Crippen LogP contribution in [0.25, 0.3) is 0 Å². The quantitative estimate of drug-likeness (QED) is 0.597. The molecule has 0 saturated heterocycles. The molecular formula is C14H20N2O. The van der Waals surface area contributed by atoms with Crippen LogP contribution >= 0.6 is 0 Å². The SMILES string of the molecule is CC(C)(C)N=C(N)C1COc2ccccc2C1. The second kappa shape index (κ2) is 4.40. The molecule has 0 spiro atoms. The summed E-state index contributed by atoms with van der Waals surface area (Å²) in [6.45, 7) is 6.79. The normalized spacial score (nSPS) is 20.6. The smallest absolute Gasteiger partial charge is 0.122 e. The molecule has 0 amide bonds. The Balaban J connectivity index is 2.15. The zero-order valence-electron chi connectivity index (χ0n) is 10.7. The molecule has 1 unspecified atom stereocenters. The molecule has 1 aliphatic rings. The van der Waals surface area contributed by atoms with Crippen molar-refractivity contribution in [2.24, 2.45) is 16.6 Å². The molecule has 0 saturated carbocycles. The topological polar surface area (TPSA) is 47.6 Å². The number of hydrogen-bond donors (Lipinski definition) is 1. The summed E-state index contributed by atoms with van der Waals surface area (Å²) >= 11 is 0. The maximum absolute atomic E-state index is 6.06. The van der Waals surface area contributed by atoms with Crippen LogP contribution in [0.15, 0.2) is 29.3 Å². The molecule has 3 nitrogen and oxygen atoms in total. The van der Waals surface area contributed by atoms with Gasteiger partial charge in [-0.3, -0.25) is 4.99 Å². The molecule has 2 N–H and O–H groups in total. The molecule has 1 aromatic carbocycles. The summed E-state index contributed by atoms with van der Waals surface area (Å²) in [5.74, 6) is 1.88. The number of ether oxygens (including phenoxy) is 1. The fraction of sp³-hybridized carbons (Fsp3) is 0.500. The van der Waals surface area contributed by atoms with E-state index in [0.29, 0.717) is 12.4 Å². The summed E-state index contributed by atoms with van der Waals surface area (Å²) < 4.78 is 5.71. The van der Waals surface area contributed by atoms with Crippen LogP contribution in [0.4, 0.5) is 0 Å². The van der Waals surface area contributed by atoms with Gasteiger partial charge in [0.25, 0.3) is 0 Å². The lowest BCUT2D eigenvalue weighted by atomic mass is 9.95. The lowest BCUT2D eigenvalue weighted by Crippen LogP contribution is -2.35. The Bertz CT molecular complexity index is 432. The molecule has 17 heavy (non-hydrogen) atoms. The number of rotatable bonds is 1.